The van der Waals surface area contributed by atoms with Crippen molar-refractivity contribution in [2.45, 2.75) is 45.1 Å². The number of rotatable bonds is 2. The van der Waals surface area contributed by atoms with Crippen molar-refractivity contribution in [1.29, 1.82) is 0 Å². The van der Waals surface area contributed by atoms with Crippen LogP contribution in [0.4, 0.5) is 10.5 Å². The predicted molar refractivity (Wildman–Crippen MR) is 76.0 cm³/mol. The third-order valence-corrected chi connectivity index (χ3v) is 3.07. The molecule has 4 heteroatoms. The van der Waals surface area contributed by atoms with Crippen LogP contribution in [0.1, 0.15) is 45.1 Å². The lowest BCUT2D eigenvalue weighted by Gasteiger charge is -2.20. The molecule has 0 bridgehead atoms. The van der Waals surface area contributed by atoms with Crippen LogP contribution in [0, 0.1) is 0 Å². The molecule has 1 aliphatic carbocycles. The molecule has 18 heavy (non-hydrogen) atoms. The molecule has 1 aromatic rings. The van der Waals surface area contributed by atoms with Crippen molar-refractivity contribution < 1.29 is 9.53 Å². The maximum atomic E-state index is 11.7. The molecule has 3 nitrogen and oxygen atoms in total. The van der Waals surface area contributed by atoms with Crippen molar-refractivity contribution in [2.75, 3.05) is 5.32 Å². The molecule has 0 saturated heterocycles. The van der Waals surface area contributed by atoms with E-state index in [0.29, 0.717) is 5.92 Å². The number of ether oxygens (including phenoxy) is 1. The van der Waals surface area contributed by atoms with Gasteiger partial charge in [0.25, 0.3) is 0 Å². The summed E-state index contributed by atoms with van der Waals surface area (Å²) in [6, 6.07) is 6.01. The Morgan fingerprint density at radius 3 is 2.56 bits per heavy atom. The molecule has 0 spiro atoms. The second-order valence-corrected chi connectivity index (χ2v) is 6.59. The molecule has 0 radical (unpaired) electrons. The van der Waals surface area contributed by atoms with E-state index in [-0.39, 0.29) is 0 Å². The summed E-state index contributed by atoms with van der Waals surface area (Å²) in [6.07, 6.45) is 2.06. The molecule has 1 fully saturated rings. The van der Waals surface area contributed by atoms with Crippen LogP contribution in [0.2, 0.25) is 0 Å². The van der Waals surface area contributed by atoms with Gasteiger partial charge in [0.15, 0.2) is 0 Å². The number of benzene rings is 1. The maximum Gasteiger partial charge on any atom is 0.412 e. The van der Waals surface area contributed by atoms with Gasteiger partial charge in [-0.25, -0.2) is 4.79 Å². The highest BCUT2D eigenvalue weighted by molar-refractivity contribution is 9.10. The van der Waals surface area contributed by atoms with Crippen LogP contribution in [0.15, 0.2) is 22.7 Å². The van der Waals surface area contributed by atoms with Crippen molar-refractivity contribution >= 4 is 27.7 Å². The van der Waals surface area contributed by atoms with E-state index in [1.54, 1.807) is 0 Å². The Bertz CT molecular complexity index is 461. The van der Waals surface area contributed by atoms with Crippen molar-refractivity contribution in [3.05, 3.63) is 28.2 Å². The van der Waals surface area contributed by atoms with Gasteiger partial charge in [-0.05, 0) is 63.3 Å². The maximum absolute atomic E-state index is 11.7. The Morgan fingerprint density at radius 1 is 1.33 bits per heavy atom. The smallest absolute Gasteiger partial charge is 0.412 e. The van der Waals surface area contributed by atoms with E-state index in [1.807, 2.05) is 32.9 Å². The van der Waals surface area contributed by atoms with Crippen LogP contribution in [0.3, 0.4) is 0 Å². The van der Waals surface area contributed by atoms with Crippen LogP contribution >= 0.6 is 15.9 Å². The summed E-state index contributed by atoms with van der Waals surface area (Å²) < 4.78 is 6.22. The fourth-order valence-corrected chi connectivity index (χ4v) is 2.27. The molecule has 0 unspecified atom stereocenters. The van der Waals surface area contributed by atoms with E-state index in [2.05, 4.69) is 27.3 Å². The first-order chi connectivity index (χ1) is 8.33. The second kappa shape index (κ2) is 4.92. The molecule has 0 aliphatic heterocycles. The Kier molecular flexibility index (Phi) is 3.66. The number of carbonyl (C=O) groups excluding carboxylic acids is 1. The molecule has 0 atom stereocenters. The highest BCUT2D eigenvalue weighted by Gasteiger charge is 2.24. The quantitative estimate of drug-likeness (QED) is 0.861. The van der Waals surface area contributed by atoms with Crippen LogP contribution < -0.4 is 5.32 Å². The normalized spacial score (nSPS) is 15.3. The minimum atomic E-state index is -0.477. The van der Waals surface area contributed by atoms with Crippen LogP contribution in [0.5, 0.6) is 0 Å². The first-order valence-corrected chi connectivity index (χ1v) is 6.93. The SMILES string of the molecule is CC(C)(C)OC(=O)Nc1cc(Br)cc(C2CC2)c1. The van der Waals surface area contributed by atoms with Gasteiger partial charge >= 0.3 is 6.09 Å². The Balaban J connectivity index is 2.06. The first-order valence-electron chi connectivity index (χ1n) is 6.14. The van der Waals surface area contributed by atoms with E-state index < -0.39 is 11.7 Å². The van der Waals surface area contributed by atoms with Gasteiger partial charge in [0.1, 0.15) is 5.60 Å². The van der Waals surface area contributed by atoms with Gasteiger partial charge in [-0.1, -0.05) is 15.9 Å². The monoisotopic (exact) mass is 311 g/mol. The summed E-state index contributed by atoms with van der Waals surface area (Å²) in [5, 5.41) is 2.77. The van der Waals surface area contributed by atoms with Gasteiger partial charge in [0.05, 0.1) is 0 Å². The topological polar surface area (TPSA) is 38.3 Å². The van der Waals surface area contributed by atoms with E-state index in [4.69, 9.17) is 4.74 Å². The standard InChI is InChI=1S/C14H18BrNO2/c1-14(2,3)18-13(17)16-12-7-10(9-4-5-9)6-11(15)8-12/h6-9H,4-5H2,1-3H3,(H,16,17). The summed E-state index contributed by atoms with van der Waals surface area (Å²) >= 11 is 3.47. The van der Waals surface area contributed by atoms with Crippen molar-refractivity contribution in [1.82, 2.24) is 0 Å². The molecular formula is C14H18BrNO2. The first kappa shape index (κ1) is 13.4. The molecule has 1 N–H and O–H groups in total. The summed E-state index contributed by atoms with van der Waals surface area (Å²) in [6.45, 7) is 5.55. The third-order valence-electron chi connectivity index (χ3n) is 2.61. The molecule has 1 aliphatic rings. The number of nitrogens with one attached hydrogen (secondary N) is 1. The van der Waals surface area contributed by atoms with E-state index in [9.17, 15) is 4.79 Å². The van der Waals surface area contributed by atoms with E-state index in [0.717, 1.165) is 10.2 Å². The van der Waals surface area contributed by atoms with Gasteiger partial charge < -0.3 is 4.74 Å². The number of carbonyl (C=O) groups is 1. The van der Waals surface area contributed by atoms with Crippen molar-refractivity contribution in [3.63, 3.8) is 0 Å². The largest absolute Gasteiger partial charge is 0.444 e. The minimum absolute atomic E-state index is 0.414. The highest BCUT2D eigenvalue weighted by atomic mass is 79.9. The zero-order valence-corrected chi connectivity index (χ0v) is 12.5. The second-order valence-electron chi connectivity index (χ2n) is 5.67. The number of anilines is 1. The number of hydrogen-bond donors (Lipinski definition) is 1. The average molecular weight is 312 g/mol. The fourth-order valence-electron chi connectivity index (χ4n) is 1.76. The molecule has 1 aromatic carbocycles. The molecule has 2 rings (SSSR count). The molecule has 0 aromatic heterocycles. The minimum Gasteiger partial charge on any atom is -0.444 e. The van der Waals surface area contributed by atoms with Gasteiger partial charge in [0, 0.05) is 10.2 Å². The number of halogens is 1. The summed E-state index contributed by atoms with van der Waals surface area (Å²) in [4.78, 5) is 11.7. The zero-order valence-electron chi connectivity index (χ0n) is 10.9. The fraction of sp³-hybridized carbons (Fsp3) is 0.500. The Morgan fingerprint density at radius 2 is 2.00 bits per heavy atom. The van der Waals surface area contributed by atoms with E-state index >= 15 is 0 Å². The number of amides is 1. The van der Waals surface area contributed by atoms with Crippen LogP contribution in [-0.4, -0.2) is 11.7 Å². The van der Waals surface area contributed by atoms with Crippen LogP contribution in [0.25, 0.3) is 0 Å². The Labute approximate surface area is 116 Å². The van der Waals surface area contributed by atoms with Gasteiger partial charge in [-0.3, -0.25) is 5.32 Å². The summed E-state index contributed by atoms with van der Waals surface area (Å²) in [7, 11) is 0. The van der Waals surface area contributed by atoms with Gasteiger partial charge in [-0.2, -0.15) is 0 Å². The average Bonchev–Trinajstić information content (AvgIpc) is 2.95. The van der Waals surface area contributed by atoms with Crippen molar-refractivity contribution in [3.8, 4) is 0 Å². The van der Waals surface area contributed by atoms with Gasteiger partial charge in [0.2, 0.25) is 0 Å². The van der Waals surface area contributed by atoms with Crippen LogP contribution in [-0.2, 0) is 4.74 Å². The molecule has 1 amide bonds. The molecular weight excluding hydrogens is 294 g/mol. The lowest BCUT2D eigenvalue weighted by Crippen LogP contribution is -2.27. The third kappa shape index (κ3) is 4.02. The summed E-state index contributed by atoms with van der Waals surface area (Å²) in [5.74, 6) is 0.654. The molecule has 98 valence electrons. The lowest BCUT2D eigenvalue weighted by atomic mass is 10.1. The van der Waals surface area contributed by atoms with Gasteiger partial charge in [-0.15, -0.1) is 0 Å². The van der Waals surface area contributed by atoms with Crippen molar-refractivity contribution in [2.24, 2.45) is 0 Å². The Hall–Kier alpha value is -1.03. The summed E-state index contributed by atoms with van der Waals surface area (Å²) in [5.41, 5.74) is 1.58. The van der Waals surface area contributed by atoms with E-state index in [1.165, 1.54) is 18.4 Å². The zero-order chi connectivity index (χ0) is 13.3. The number of hydrogen-bond acceptors (Lipinski definition) is 2. The predicted octanol–water partition coefficient (Wildman–Crippen LogP) is 4.67. The lowest BCUT2D eigenvalue weighted by molar-refractivity contribution is 0.0636. The highest BCUT2D eigenvalue weighted by Crippen LogP contribution is 2.41. The molecule has 0 heterocycles. The molecule has 1 saturated carbocycles.